The van der Waals surface area contributed by atoms with Crippen molar-refractivity contribution in [2.45, 2.75) is 6.92 Å². The molecule has 0 fully saturated rings. The number of halogens is 3. The highest BCUT2D eigenvalue weighted by molar-refractivity contribution is 6.51. The molecule has 1 aliphatic heterocycles. The van der Waals surface area contributed by atoms with Crippen LogP contribution in [0.3, 0.4) is 0 Å². The molecule has 1 aromatic heterocycles. The number of aromatic nitrogens is 1. The third kappa shape index (κ3) is 4.35. The quantitative estimate of drug-likeness (QED) is 0.437. The zero-order valence-electron chi connectivity index (χ0n) is 15.4. The van der Waals surface area contributed by atoms with Gasteiger partial charge < -0.3 is 0 Å². The number of nitrogens with zero attached hydrogens (tertiary/aromatic N) is 4. The van der Waals surface area contributed by atoms with E-state index in [9.17, 15) is 0 Å². The summed E-state index contributed by atoms with van der Waals surface area (Å²) in [6, 6.07) is 19.1. The van der Waals surface area contributed by atoms with Gasteiger partial charge in [0.1, 0.15) is 5.71 Å². The van der Waals surface area contributed by atoms with Gasteiger partial charge in [-0.05, 0) is 48.9 Å². The number of allylic oxidation sites excluding steroid dienone is 1. The lowest BCUT2D eigenvalue weighted by Gasteiger charge is -2.16. The highest BCUT2D eigenvalue weighted by Gasteiger charge is 2.27. The minimum absolute atomic E-state index is 0.377. The zero-order valence-corrected chi connectivity index (χ0v) is 17.6. The molecule has 0 saturated carbocycles. The maximum atomic E-state index is 6.29. The Kier molecular flexibility index (Phi) is 5.67. The normalized spacial score (nSPS) is 16.6. The van der Waals surface area contributed by atoms with Gasteiger partial charge in [-0.3, -0.25) is 0 Å². The number of pyridine rings is 1. The second-order valence-electron chi connectivity index (χ2n) is 6.33. The maximum absolute atomic E-state index is 6.29. The molecule has 3 aromatic rings. The summed E-state index contributed by atoms with van der Waals surface area (Å²) in [7, 11) is 0. The maximum Gasteiger partial charge on any atom is 0.171 e. The first-order valence-corrected chi connectivity index (χ1v) is 9.93. The number of aliphatic imine (C=N–C) groups is 1. The van der Waals surface area contributed by atoms with Crippen molar-refractivity contribution in [3.8, 4) is 0 Å². The van der Waals surface area contributed by atoms with Gasteiger partial charge >= 0.3 is 0 Å². The lowest BCUT2D eigenvalue weighted by Crippen LogP contribution is -2.16. The Balaban J connectivity index is 1.85. The van der Waals surface area contributed by atoms with E-state index in [-0.39, 0.29) is 0 Å². The van der Waals surface area contributed by atoms with Gasteiger partial charge in [0, 0.05) is 11.2 Å². The first kappa shape index (κ1) is 19.6. The topological polar surface area (TPSA) is 40.9 Å². The summed E-state index contributed by atoms with van der Waals surface area (Å²) < 4.78 is 0. The molecule has 0 atom stereocenters. The van der Waals surface area contributed by atoms with Crippen LogP contribution in [0.1, 0.15) is 12.5 Å². The molecule has 0 amide bonds. The van der Waals surface area contributed by atoms with Crippen molar-refractivity contribution in [1.82, 2.24) is 4.98 Å². The van der Waals surface area contributed by atoms with Gasteiger partial charge in [0.2, 0.25) is 0 Å². The summed E-state index contributed by atoms with van der Waals surface area (Å²) in [5.74, 6) is 0.387. The van der Waals surface area contributed by atoms with Crippen LogP contribution in [0, 0.1) is 0 Å². The number of hydrogen-bond acceptors (Lipinski definition) is 4. The van der Waals surface area contributed by atoms with E-state index in [4.69, 9.17) is 44.9 Å². The second-order valence-corrected chi connectivity index (χ2v) is 7.61. The van der Waals surface area contributed by atoms with Gasteiger partial charge in [-0.1, -0.05) is 65.1 Å². The number of hydrogen-bond donors (Lipinski definition) is 0. The molecule has 144 valence electrons. The van der Waals surface area contributed by atoms with Crippen LogP contribution in [0.15, 0.2) is 82.7 Å². The monoisotopic (exact) mass is 440 g/mol. The van der Waals surface area contributed by atoms with Gasteiger partial charge in [0.15, 0.2) is 5.82 Å². The van der Waals surface area contributed by atoms with Crippen LogP contribution in [0.25, 0.3) is 6.08 Å². The number of benzene rings is 2. The molecule has 0 aliphatic carbocycles. The van der Waals surface area contributed by atoms with Crippen molar-refractivity contribution >= 4 is 63.8 Å². The number of anilines is 1. The van der Waals surface area contributed by atoms with E-state index in [0.29, 0.717) is 26.6 Å². The summed E-state index contributed by atoms with van der Waals surface area (Å²) in [5, 5.41) is 8.07. The number of hydrazone groups is 1. The molecule has 29 heavy (non-hydrogen) atoms. The Bertz CT molecular complexity index is 1140. The Morgan fingerprint density at radius 1 is 0.931 bits per heavy atom. The predicted molar refractivity (Wildman–Crippen MR) is 123 cm³/mol. The molecular formula is C22H15Cl3N4. The molecule has 4 rings (SSSR count). The van der Waals surface area contributed by atoms with E-state index in [1.165, 1.54) is 6.20 Å². The van der Waals surface area contributed by atoms with Crippen LogP contribution in [0.2, 0.25) is 15.1 Å². The molecule has 2 aromatic carbocycles. The average Bonchev–Trinajstić information content (AvgIpc) is 3.02. The molecule has 2 heterocycles. The number of rotatable bonds is 3. The van der Waals surface area contributed by atoms with E-state index in [2.05, 4.69) is 4.98 Å². The molecule has 7 heteroatoms. The summed E-state index contributed by atoms with van der Waals surface area (Å²) in [4.78, 5) is 8.96. The highest BCUT2D eigenvalue weighted by atomic mass is 35.5. The standard InChI is InChI=1S/C22H15Cl3N4/c1-14-21(27-22-19(25)12-17(24)13-26-22)20(11-15-7-9-16(23)10-8-15)29(28-14)18-5-3-2-4-6-18/h2-13H,1H3/b20-11+,27-21+. The smallest absolute Gasteiger partial charge is 0.171 e. The van der Waals surface area contributed by atoms with Crippen LogP contribution < -0.4 is 5.01 Å². The Morgan fingerprint density at radius 3 is 2.34 bits per heavy atom. The van der Waals surface area contributed by atoms with Gasteiger partial charge in [-0.2, -0.15) is 5.10 Å². The van der Waals surface area contributed by atoms with E-state index in [1.54, 1.807) is 6.07 Å². The molecule has 0 N–H and O–H groups in total. The minimum atomic E-state index is 0.377. The summed E-state index contributed by atoms with van der Waals surface area (Å²) in [5.41, 5.74) is 4.14. The van der Waals surface area contributed by atoms with Crippen molar-refractivity contribution in [3.63, 3.8) is 0 Å². The minimum Gasteiger partial charge on any atom is -0.234 e. The van der Waals surface area contributed by atoms with Crippen molar-refractivity contribution in [2.24, 2.45) is 10.1 Å². The summed E-state index contributed by atoms with van der Waals surface area (Å²) >= 11 is 18.3. The van der Waals surface area contributed by atoms with Crippen molar-refractivity contribution in [2.75, 3.05) is 5.01 Å². The van der Waals surface area contributed by atoms with Gasteiger partial charge in [0.05, 0.1) is 27.1 Å². The summed E-state index contributed by atoms with van der Waals surface area (Å²) in [6.45, 7) is 1.90. The molecule has 0 saturated heterocycles. The SMILES string of the molecule is CC1=NN(c2ccccc2)C(=C/c2ccc(Cl)cc2)/C1=N/c1ncc(Cl)cc1Cl. The third-order valence-corrected chi connectivity index (χ3v) is 4.98. The fraction of sp³-hybridized carbons (Fsp3) is 0.0455. The lowest BCUT2D eigenvalue weighted by atomic mass is 10.1. The van der Waals surface area contributed by atoms with E-state index < -0.39 is 0 Å². The predicted octanol–water partition coefficient (Wildman–Crippen LogP) is 7.05. The van der Waals surface area contributed by atoms with Crippen molar-refractivity contribution in [3.05, 3.63) is 93.2 Å². The molecule has 0 unspecified atom stereocenters. The van der Waals surface area contributed by atoms with Gasteiger partial charge in [-0.15, -0.1) is 0 Å². The average molecular weight is 442 g/mol. The second kappa shape index (κ2) is 8.37. The van der Waals surface area contributed by atoms with Gasteiger partial charge in [-0.25, -0.2) is 15.0 Å². The third-order valence-electron chi connectivity index (χ3n) is 4.24. The van der Waals surface area contributed by atoms with E-state index >= 15 is 0 Å². The van der Waals surface area contributed by atoms with Gasteiger partial charge in [0.25, 0.3) is 0 Å². The largest absolute Gasteiger partial charge is 0.234 e. The zero-order chi connectivity index (χ0) is 20.4. The fourth-order valence-corrected chi connectivity index (χ4v) is 3.43. The van der Waals surface area contributed by atoms with Crippen molar-refractivity contribution in [1.29, 1.82) is 0 Å². The van der Waals surface area contributed by atoms with Crippen LogP contribution in [-0.2, 0) is 0 Å². The van der Waals surface area contributed by atoms with Crippen LogP contribution in [-0.4, -0.2) is 16.4 Å². The molecular weight excluding hydrogens is 427 g/mol. The highest BCUT2D eigenvalue weighted by Crippen LogP contribution is 2.31. The number of para-hydroxylation sites is 1. The first-order valence-electron chi connectivity index (χ1n) is 8.79. The van der Waals surface area contributed by atoms with E-state index in [1.807, 2.05) is 72.6 Å². The molecule has 0 radical (unpaired) electrons. The van der Waals surface area contributed by atoms with Crippen LogP contribution in [0.5, 0.6) is 0 Å². The molecule has 0 bridgehead atoms. The van der Waals surface area contributed by atoms with Crippen LogP contribution in [0.4, 0.5) is 11.5 Å². The Labute approximate surface area is 183 Å². The fourth-order valence-electron chi connectivity index (χ4n) is 2.88. The molecule has 4 nitrogen and oxygen atoms in total. The lowest BCUT2D eigenvalue weighted by molar-refractivity contribution is 1.08. The Morgan fingerprint density at radius 2 is 1.66 bits per heavy atom. The molecule has 1 aliphatic rings. The molecule has 0 spiro atoms. The Hall–Kier alpha value is -2.66. The van der Waals surface area contributed by atoms with Crippen LogP contribution >= 0.6 is 34.8 Å². The first-order chi connectivity index (χ1) is 14.0. The van der Waals surface area contributed by atoms with Crippen molar-refractivity contribution < 1.29 is 0 Å². The van der Waals surface area contributed by atoms with E-state index in [0.717, 1.165) is 22.7 Å². The summed E-state index contributed by atoms with van der Waals surface area (Å²) in [6.07, 6.45) is 3.53.